The Morgan fingerprint density at radius 3 is 2.48 bits per heavy atom. The first-order valence-electron chi connectivity index (χ1n) is 10.3. The third-order valence-corrected chi connectivity index (χ3v) is 6.07. The highest BCUT2D eigenvalue weighted by Crippen LogP contribution is 2.34. The van der Waals surface area contributed by atoms with Gasteiger partial charge in [0.1, 0.15) is 0 Å². The van der Waals surface area contributed by atoms with Gasteiger partial charge in [0.25, 0.3) is 0 Å². The summed E-state index contributed by atoms with van der Waals surface area (Å²) < 4.78 is 10.8. The van der Waals surface area contributed by atoms with E-state index in [0.29, 0.717) is 12.1 Å². The van der Waals surface area contributed by atoms with Crippen molar-refractivity contribution in [3.63, 3.8) is 0 Å². The van der Waals surface area contributed by atoms with Crippen LogP contribution in [0, 0.1) is 0 Å². The summed E-state index contributed by atoms with van der Waals surface area (Å²) in [5.74, 6) is 2.39. The van der Waals surface area contributed by atoms with Crippen molar-refractivity contribution in [3.05, 3.63) is 23.8 Å². The molecule has 0 amide bonds. The van der Waals surface area contributed by atoms with Crippen LogP contribution in [0.4, 0.5) is 0 Å². The average Bonchev–Trinajstić information content (AvgIpc) is 3.47. The van der Waals surface area contributed by atoms with Crippen molar-refractivity contribution in [3.8, 4) is 11.5 Å². The molecule has 1 heterocycles. The minimum absolute atomic E-state index is 0. The summed E-state index contributed by atoms with van der Waals surface area (Å²) in [6, 6.07) is 8.07. The minimum Gasteiger partial charge on any atom is -0.493 e. The molecule has 0 spiro atoms. The largest absolute Gasteiger partial charge is 0.493 e. The zero-order valence-corrected chi connectivity index (χ0v) is 20.9. The van der Waals surface area contributed by atoms with Gasteiger partial charge in [0.05, 0.1) is 14.2 Å². The quantitative estimate of drug-likeness (QED) is 0.331. The number of guanidine groups is 1. The lowest BCUT2D eigenvalue weighted by Crippen LogP contribution is -2.48. The van der Waals surface area contributed by atoms with Crippen LogP contribution in [0.2, 0.25) is 0 Å². The molecule has 1 aliphatic heterocycles. The lowest BCUT2D eigenvalue weighted by atomic mass is 9.84. The van der Waals surface area contributed by atoms with Crippen LogP contribution in [-0.2, 0) is 5.41 Å². The second-order valence-corrected chi connectivity index (χ2v) is 8.73. The maximum atomic E-state index is 5.47. The van der Waals surface area contributed by atoms with Crippen LogP contribution < -0.4 is 20.1 Å². The lowest BCUT2D eigenvalue weighted by Gasteiger charge is -2.28. The Morgan fingerprint density at radius 2 is 1.90 bits per heavy atom. The molecule has 1 aliphatic carbocycles. The molecule has 164 valence electrons. The van der Waals surface area contributed by atoms with Crippen molar-refractivity contribution in [1.82, 2.24) is 15.5 Å². The predicted molar refractivity (Wildman–Crippen MR) is 130 cm³/mol. The van der Waals surface area contributed by atoms with Crippen molar-refractivity contribution in [2.75, 3.05) is 34.4 Å². The number of nitrogens with zero attached hydrogens (tertiary/aromatic N) is 2. The zero-order valence-electron chi connectivity index (χ0n) is 18.6. The van der Waals surface area contributed by atoms with Gasteiger partial charge in [0.15, 0.2) is 17.5 Å². The Balaban J connectivity index is 0.00000300. The molecule has 0 radical (unpaired) electrons. The predicted octanol–water partition coefficient (Wildman–Crippen LogP) is 3.39. The normalized spacial score (nSPS) is 22.8. The molecular formula is C22H37IN4O2. The van der Waals surface area contributed by atoms with Crippen molar-refractivity contribution in [2.45, 2.75) is 63.6 Å². The van der Waals surface area contributed by atoms with Gasteiger partial charge < -0.3 is 20.1 Å². The maximum Gasteiger partial charge on any atom is 0.191 e. The number of nitrogens with one attached hydrogen (secondary N) is 2. The summed E-state index contributed by atoms with van der Waals surface area (Å²) in [4.78, 5) is 7.10. The molecule has 1 aromatic carbocycles. The van der Waals surface area contributed by atoms with Gasteiger partial charge in [0, 0.05) is 43.7 Å². The van der Waals surface area contributed by atoms with E-state index in [1.807, 2.05) is 13.1 Å². The van der Waals surface area contributed by atoms with Crippen LogP contribution in [0.1, 0.15) is 45.6 Å². The van der Waals surface area contributed by atoms with Crippen molar-refractivity contribution >= 4 is 29.9 Å². The summed E-state index contributed by atoms with van der Waals surface area (Å²) in [6.07, 6.45) is 3.91. The van der Waals surface area contributed by atoms with E-state index in [4.69, 9.17) is 9.47 Å². The number of hydrogen-bond donors (Lipinski definition) is 2. The van der Waals surface area contributed by atoms with E-state index in [2.05, 4.69) is 53.4 Å². The van der Waals surface area contributed by atoms with Gasteiger partial charge in [-0.2, -0.15) is 0 Å². The number of methoxy groups -OCH3 is 2. The van der Waals surface area contributed by atoms with Crippen LogP contribution in [0.5, 0.6) is 11.5 Å². The first-order valence-corrected chi connectivity index (χ1v) is 10.3. The number of aliphatic imine (C=N–C) groups is 1. The van der Waals surface area contributed by atoms with E-state index in [9.17, 15) is 0 Å². The minimum atomic E-state index is -0.0831. The van der Waals surface area contributed by atoms with Gasteiger partial charge in [-0.25, -0.2) is 0 Å². The number of likely N-dealkylation sites (tertiary alicyclic amines) is 1. The van der Waals surface area contributed by atoms with E-state index in [-0.39, 0.29) is 29.4 Å². The fraction of sp³-hybridized carbons (Fsp3) is 0.682. The van der Waals surface area contributed by atoms with E-state index >= 15 is 0 Å². The Kier molecular flexibility index (Phi) is 8.46. The molecule has 2 atom stereocenters. The highest BCUT2D eigenvalue weighted by Gasteiger charge is 2.39. The molecule has 2 fully saturated rings. The molecule has 0 bridgehead atoms. The monoisotopic (exact) mass is 516 g/mol. The van der Waals surface area contributed by atoms with Gasteiger partial charge in [-0.05, 0) is 43.9 Å². The molecule has 1 aromatic rings. The van der Waals surface area contributed by atoms with Gasteiger partial charge in [-0.15, -0.1) is 24.0 Å². The zero-order chi connectivity index (χ0) is 20.3. The SMILES string of the molecule is CN=C(NCC(C)(C)c1ccc(OC)c(OC)c1)NC1CC(C)N(C2CC2)C1.I. The first kappa shape index (κ1) is 24.1. The molecule has 0 aromatic heterocycles. The Hall–Kier alpha value is -1.22. The molecule has 2 unspecified atom stereocenters. The number of halogens is 1. The van der Waals surface area contributed by atoms with E-state index < -0.39 is 0 Å². The number of rotatable bonds is 7. The highest BCUT2D eigenvalue weighted by molar-refractivity contribution is 14.0. The molecule has 29 heavy (non-hydrogen) atoms. The summed E-state index contributed by atoms with van der Waals surface area (Å²) in [6.45, 7) is 8.68. The van der Waals surface area contributed by atoms with Crippen LogP contribution >= 0.6 is 24.0 Å². The molecule has 7 heteroatoms. The fourth-order valence-corrected chi connectivity index (χ4v) is 4.13. The van der Waals surface area contributed by atoms with Crippen LogP contribution in [0.15, 0.2) is 23.2 Å². The molecule has 6 nitrogen and oxygen atoms in total. The Morgan fingerprint density at radius 1 is 1.21 bits per heavy atom. The summed E-state index contributed by atoms with van der Waals surface area (Å²) in [5.41, 5.74) is 1.11. The van der Waals surface area contributed by atoms with Crippen LogP contribution in [-0.4, -0.2) is 63.3 Å². The molecule has 2 aliphatic rings. The van der Waals surface area contributed by atoms with Gasteiger partial charge >= 0.3 is 0 Å². The molecule has 2 N–H and O–H groups in total. The van der Waals surface area contributed by atoms with Crippen molar-refractivity contribution < 1.29 is 9.47 Å². The maximum absolute atomic E-state index is 5.47. The van der Waals surface area contributed by atoms with Gasteiger partial charge in [-0.3, -0.25) is 9.89 Å². The topological polar surface area (TPSA) is 58.1 Å². The van der Waals surface area contributed by atoms with E-state index in [0.717, 1.165) is 36.6 Å². The average molecular weight is 516 g/mol. The summed E-state index contributed by atoms with van der Waals surface area (Å²) in [7, 11) is 5.18. The number of ether oxygens (including phenoxy) is 2. The molecule has 3 rings (SSSR count). The standard InChI is InChI=1S/C22H36N4O2.HI/c1-15-11-17(13-26(15)18-8-9-18)25-21(23-4)24-14-22(2,3)16-7-10-19(27-5)20(12-16)28-6;/h7,10,12,15,17-18H,8-9,11,13-14H2,1-6H3,(H2,23,24,25);1H. The third-order valence-electron chi connectivity index (χ3n) is 6.07. The molecule has 1 saturated heterocycles. The second kappa shape index (κ2) is 10.2. The smallest absolute Gasteiger partial charge is 0.191 e. The van der Waals surface area contributed by atoms with Crippen LogP contribution in [0.25, 0.3) is 0 Å². The molecular weight excluding hydrogens is 479 g/mol. The number of hydrogen-bond acceptors (Lipinski definition) is 4. The first-order chi connectivity index (χ1) is 13.4. The number of benzene rings is 1. The van der Waals surface area contributed by atoms with Crippen LogP contribution in [0.3, 0.4) is 0 Å². The van der Waals surface area contributed by atoms with E-state index in [1.54, 1.807) is 14.2 Å². The lowest BCUT2D eigenvalue weighted by molar-refractivity contribution is 0.256. The highest BCUT2D eigenvalue weighted by atomic mass is 127. The fourth-order valence-electron chi connectivity index (χ4n) is 4.13. The van der Waals surface area contributed by atoms with Crippen molar-refractivity contribution in [1.29, 1.82) is 0 Å². The summed E-state index contributed by atoms with van der Waals surface area (Å²) >= 11 is 0. The van der Waals surface area contributed by atoms with Gasteiger partial charge in [0.2, 0.25) is 0 Å². The van der Waals surface area contributed by atoms with E-state index in [1.165, 1.54) is 24.8 Å². The molecule has 1 saturated carbocycles. The Bertz CT molecular complexity index is 706. The second-order valence-electron chi connectivity index (χ2n) is 8.73. The third kappa shape index (κ3) is 5.90. The Labute approximate surface area is 192 Å². The van der Waals surface area contributed by atoms with Crippen molar-refractivity contribution in [2.24, 2.45) is 4.99 Å². The summed E-state index contributed by atoms with van der Waals surface area (Å²) in [5, 5.41) is 7.15. The van der Waals surface area contributed by atoms with Gasteiger partial charge in [-0.1, -0.05) is 19.9 Å².